The van der Waals surface area contributed by atoms with Crippen molar-refractivity contribution < 1.29 is 9.18 Å². The quantitative estimate of drug-likeness (QED) is 0.634. The minimum atomic E-state index is -0.343. The number of nitrogens with zero attached hydrogens (tertiary/aromatic N) is 2. The lowest BCUT2D eigenvalue weighted by molar-refractivity contribution is 0.0754. The number of carbonyl (C=O) groups excluding carboxylic acids is 1. The van der Waals surface area contributed by atoms with E-state index in [2.05, 4.69) is 4.98 Å². The van der Waals surface area contributed by atoms with Crippen LogP contribution in [-0.2, 0) is 0 Å². The number of hydrogen-bond acceptors (Lipinski definition) is 2. The number of halogens is 2. The minimum absolute atomic E-state index is 0.192. The molecule has 5 heteroatoms. The predicted octanol–water partition coefficient (Wildman–Crippen LogP) is 4.74. The van der Waals surface area contributed by atoms with Crippen molar-refractivity contribution in [1.82, 2.24) is 9.88 Å². The molecular formula is C20H16ClFN2O. The summed E-state index contributed by atoms with van der Waals surface area (Å²) in [5.74, 6) is -0.506. The summed E-state index contributed by atoms with van der Waals surface area (Å²) in [4.78, 5) is 18.5. The molecule has 126 valence electrons. The summed E-state index contributed by atoms with van der Waals surface area (Å²) < 4.78 is 13.3. The summed E-state index contributed by atoms with van der Waals surface area (Å²) in [6.45, 7) is 0. The molecule has 0 saturated heterocycles. The van der Waals surface area contributed by atoms with Crippen LogP contribution in [0.3, 0.4) is 0 Å². The smallest absolute Gasteiger partial charge is 0.255 e. The summed E-state index contributed by atoms with van der Waals surface area (Å²) in [6, 6.07) is 18.7. The molecule has 0 aliphatic heterocycles. The summed E-state index contributed by atoms with van der Waals surface area (Å²) in [5, 5.41) is 0.331. The zero-order valence-corrected chi connectivity index (χ0v) is 14.3. The van der Waals surface area contributed by atoms with E-state index in [1.807, 2.05) is 30.3 Å². The van der Waals surface area contributed by atoms with Gasteiger partial charge < -0.3 is 4.90 Å². The molecule has 1 heterocycles. The topological polar surface area (TPSA) is 33.2 Å². The molecule has 3 nitrogen and oxygen atoms in total. The van der Waals surface area contributed by atoms with Crippen LogP contribution < -0.4 is 0 Å². The number of aromatic nitrogens is 1. The maximum absolute atomic E-state index is 13.3. The highest BCUT2D eigenvalue weighted by Crippen LogP contribution is 2.29. The van der Waals surface area contributed by atoms with Crippen molar-refractivity contribution in [3.63, 3.8) is 0 Å². The Labute approximate surface area is 150 Å². The van der Waals surface area contributed by atoms with Crippen molar-refractivity contribution in [2.24, 2.45) is 0 Å². The molecule has 2 aromatic carbocycles. The molecule has 25 heavy (non-hydrogen) atoms. The third-order valence-corrected chi connectivity index (χ3v) is 4.21. The van der Waals surface area contributed by atoms with E-state index < -0.39 is 0 Å². The van der Waals surface area contributed by atoms with Gasteiger partial charge in [0.25, 0.3) is 5.91 Å². The van der Waals surface area contributed by atoms with Gasteiger partial charge in [0.05, 0.1) is 11.6 Å². The summed E-state index contributed by atoms with van der Waals surface area (Å²) >= 11 is 5.79. The van der Waals surface area contributed by atoms with E-state index in [0.717, 1.165) is 11.1 Å². The average Bonchev–Trinajstić information content (AvgIpc) is 2.64. The molecular weight excluding hydrogens is 339 g/mol. The lowest BCUT2D eigenvalue weighted by Gasteiger charge is -2.29. The Morgan fingerprint density at radius 3 is 2.24 bits per heavy atom. The summed E-state index contributed by atoms with van der Waals surface area (Å²) in [5.41, 5.74) is 2.20. The second-order valence-electron chi connectivity index (χ2n) is 5.65. The summed E-state index contributed by atoms with van der Waals surface area (Å²) in [6.07, 6.45) is 1.45. The first-order valence-electron chi connectivity index (χ1n) is 7.75. The van der Waals surface area contributed by atoms with Crippen LogP contribution in [0.15, 0.2) is 72.9 Å². The standard InChI is InChI=1S/C20H16ClFN2O/c1-24(20(25)16-9-12-18(21)23-13-16)19(14-5-3-2-4-6-14)15-7-10-17(22)11-8-15/h2-13,19H,1H3. The highest BCUT2D eigenvalue weighted by Gasteiger charge is 2.24. The molecule has 1 amide bonds. The molecule has 0 fully saturated rings. The van der Waals surface area contributed by atoms with Gasteiger partial charge >= 0.3 is 0 Å². The molecule has 0 aliphatic rings. The van der Waals surface area contributed by atoms with Gasteiger partial charge in [0, 0.05) is 13.2 Å². The van der Waals surface area contributed by atoms with Gasteiger partial charge in [-0.25, -0.2) is 9.37 Å². The van der Waals surface area contributed by atoms with Gasteiger partial charge in [-0.2, -0.15) is 0 Å². The zero-order chi connectivity index (χ0) is 17.8. The third kappa shape index (κ3) is 3.86. The van der Waals surface area contributed by atoms with Crippen LogP contribution in [0.5, 0.6) is 0 Å². The highest BCUT2D eigenvalue weighted by molar-refractivity contribution is 6.29. The van der Waals surface area contributed by atoms with Crippen LogP contribution in [-0.4, -0.2) is 22.8 Å². The van der Waals surface area contributed by atoms with Crippen LogP contribution in [0.4, 0.5) is 4.39 Å². The Kier molecular flexibility index (Phi) is 5.10. The molecule has 3 rings (SSSR count). The van der Waals surface area contributed by atoms with Gasteiger partial charge in [-0.15, -0.1) is 0 Å². The second kappa shape index (κ2) is 7.45. The number of pyridine rings is 1. The normalized spacial score (nSPS) is 11.8. The van der Waals surface area contributed by atoms with Gasteiger partial charge in [-0.3, -0.25) is 4.79 Å². The second-order valence-corrected chi connectivity index (χ2v) is 6.04. The van der Waals surface area contributed by atoms with E-state index in [4.69, 9.17) is 11.6 Å². The van der Waals surface area contributed by atoms with Gasteiger partial charge in [-0.1, -0.05) is 54.1 Å². The van der Waals surface area contributed by atoms with Gasteiger partial charge in [0.1, 0.15) is 11.0 Å². The zero-order valence-electron chi connectivity index (χ0n) is 13.6. The fourth-order valence-electron chi connectivity index (χ4n) is 2.74. The minimum Gasteiger partial charge on any atom is -0.331 e. The molecule has 0 bridgehead atoms. The largest absolute Gasteiger partial charge is 0.331 e. The first-order valence-corrected chi connectivity index (χ1v) is 8.13. The van der Waals surface area contributed by atoms with Crippen molar-refractivity contribution in [1.29, 1.82) is 0 Å². The predicted molar refractivity (Wildman–Crippen MR) is 96.0 cm³/mol. The van der Waals surface area contributed by atoms with Gasteiger partial charge in [0.2, 0.25) is 0 Å². The Morgan fingerprint density at radius 2 is 1.64 bits per heavy atom. The molecule has 1 atom stereocenters. The Balaban J connectivity index is 2.00. The molecule has 0 aliphatic carbocycles. The maximum Gasteiger partial charge on any atom is 0.255 e. The fourth-order valence-corrected chi connectivity index (χ4v) is 2.86. The maximum atomic E-state index is 13.3. The molecule has 3 aromatic rings. The summed E-state index contributed by atoms with van der Waals surface area (Å²) in [7, 11) is 1.72. The first-order chi connectivity index (χ1) is 12.1. The Morgan fingerprint density at radius 1 is 1.00 bits per heavy atom. The van der Waals surface area contributed by atoms with Crippen molar-refractivity contribution in [2.75, 3.05) is 7.05 Å². The van der Waals surface area contributed by atoms with E-state index in [0.29, 0.717) is 10.7 Å². The van der Waals surface area contributed by atoms with Gasteiger partial charge in [0.15, 0.2) is 0 Å². The van der Waals surface area contributed by atoms with Crippen LogP contribution in [0.1, 0.15) is 27.5 Å². The molecule has 0 saturated carbocycles. The van der Waals surface area contributed by atoms with Gasteiger partial charge in [-0.05, 0) is 35.4 Å². The van der Waals surface area contributed by atoms with E-state index in [1.165, 1.54) is 18.3 Å². The number of carbonyl (C=O) groups is 1. The highest BCUT2D eigenvalue weighted by atomic mass is 35.5. The lowest BCUT2D eigenvalue weighted by Crippen LogP contribution is -2.32. The van der Waals surface area contributed by atoms with E-state index in [1.54, 1.807) is 36.2 Å². The van der Waals surface area contributed by atoms with Crippen LogP contribution in [0.25, 0.3) is 0 Å². The van der Waals surface area contributed by atoms with E-state index >= 15 is 0 Å². The first kappa shape index (κ1) is 17.1. The average molecular weight is 355 g/mol. The number of benzene rings is 2. The van der Waals surface area contributed by atoms with Crippen molar-refractivity contribution in [3.8, 4) is 0 Å². The number of hydrogen-bond donors (Lipinski definition) is 0. The van der Waals surface area contributed by atoms with Crippen molar-refractivity contribution >= 4 is 17.5 Å². The van der Waals surface area contributed by atoms with Crippen molar-refractivity contribution in [3.05, 3.63) is 101 Å². The monoisotopic (exact) mass is 354 g/mol. The third-order valence-electron chi connectivity index (χ3n) is 3.98. The van der Waals surface area contributed by atoms with Crippen LogP contribution >= 0.6 is 11.6 Å². The lowest BCUT2D eigenvalue weighted by atomic mass is 9.97. The molecule has 0 radical (unpaired) electrons. The SMILES string of the molecule is CN(C(=O)c1ccc(Cl)nc1)C(c1ccccc1)c1ccc(F)cc1. The van der Waals surface area contributed by atoms with E-state index in [9.17, 15) is 9.18 Å². The number of rotatable bonds is 4. The Hall–Kier alpha value is -2.72. The number of amides is 1. The van der Waals surface area contributed by atoms with Crippen molar-refractivity contribution in [2.45, 2.75) is 6.04 Å². The molecule has 0 N–H and O–H groups in total. The van der Waals surface area contributed by atoms with Crippen LogP contribution in [0, 0.1) is 5.82 Å². The Bertz CT molecular complexity index is 851. The fraction of sp³-hybridized carbons (Fsp3) is 0.100. The molecule has 1 unspecified atom stereocenters. The van der Waals surface area contributed by atoms with Crippen LogP contribution in [0.2, 0.25) is 5.15 Å². The molecule has 1 aromatic heterocycles. The molecule has 0 spiro atoms. The van der Waals surface area contributed by atoms with E-state index in [-0.39, 0.29) is 17.8 Å².